The van der Waals surface area contributed by atoms with Gasteiger partial charge in [0, 0.05) is 0 Å². The monoisotopic (exact) mass is 297 g/mol. The average molecular weight is 298 g/mol. The molecule has 3 heteroatoms. The van der Waals surface area contributed by atoms with Crippen LogP contribution in [0, 0.1) is 5.92 Å². The van der Waals surface area contributed by atoms with Crippen LogP contribution in [0.4, 0.5) is 0 Å². The van der Waals surface area contributed by atoms with Gasteiger partial charge in [0.1, 0.15) is 5.75 Å². The molecule has 0 aromatic heterocycles. The molecule has 1 aromatic carbocycles. The number of hydrogen-bond acceptors (Lipinski definition) is 2. The first-order valence-electron chi connectivity index (χ1n) is 6.33. The maximum absolute atomic E-state index is 5.85. The van der Waals surface area contributed by atoms with Crippen LogP contribution in [-0.4, -0.2) is 13.2 Å². The molecule has 0 radical (unpaired) electrons. The predicted molar refractivity (Wildman–Crippen MR) is 74.4 cm³/mol. The fourth-order valence-electron chi connectivity index (χ4n) is 1.85. The molecule has 0 saturated heterocycles. The summed E-state index contributed by atoms with van der Waals surface area (Å²) >= 11 is 3.54. The molecule has 0 amide bonds. The lowest BCUT2D eigenvalue weighted by Gasteiger charge is -2.14. The van der Waals surface area contributed by atoms with Crippen molar-refractivity contribution in [2.45, 2.75) is 32.1 Å². The quantitative estimate of drug-likeness (QED) is 0.869. The topological polar surface area (TPSA) is 35.2 Å². The summed E-state index contributed by atoms with van der Waals surface area (Å²) in [4.78, 5) is 0. The third-order valence-electron chi connectivity index (χ3n) is 3.30. The van der Waals surface area contributed by atoms with E-state index in [1.54, 1.807) is 0 Å². The highest BCUT2D eigenvalue weighted by molar-refractivity contribution is 9.10. The Balaban J connectivity index is 2.04. The van der Waals surface area contributed by atoms with E-state index in [2.05, 4.69) is 41.1 Å². The number of benzene rings is 1. The summed E-state index contributed by atoms with van der Waals surface area (Å²) in [7, 11) is 0. The SMILES string of the molecule is CC(CCN)c1ccc(Br)c(OCC2CC2)c1. The van der Waals surface area contributed by atoms with Crippen molar-refractivity contribution in [1.82, 2.24) is 0 Å². The fourth-order valence-corrected chi connectivity index (χ4v) is 2.21. The van der Waals surface area contributed by atoms with Gasteiger partial charge in [0.05, 0.1) is 11.1 Å². The van der Waals surface area contributed by atoms with Gasteiger partial charge >= 0.3 is 0 Å². The van der Waals surface area contributed by atoms with Crippen LogP contribution in [0.5, 0.6) is 5.75 Å². The smallest absolute Gasteiger partial charge is 0.133 e. The van der Waals surface area contributed by atoms with E-state index in [1.165, 1.54) is 18.4 Å². The van der Waals surface area contributed by atoms with Crippen molar-refractivity contribution >= 4 is 15.9 Å². The van der Waals surface area contributed by atoms with Crippen molar-refractivity contribution in [1.29, 1.82) is 0 Å². The van der Waals surface area contributed by atoms with Gasteiger partial charge in [-0.25, -0.2) is 0 Å². The summed E-state index contributed by atoms with van der Waals surface area (Å²) in [5.74, 6) is 2.25. The predicted octanol–water partition coefficient (Wildman–Crippen LogP) is 3.69. The molecule has 0 aliphatic heterocycles. The van der Waals surface area contributed by atoms with Crippen LogP contribution < -0.4 is 10.5 Å². The summed E-state index contributed by atoms with van der Waals surface area (Å²) < 4.78 is 6.89. The highest BCUT2D eigenvalue weighted by Gasteiger charge is 2.22. The van der Waals surface area contributed by atoms with Crippen LogP contribution in [-0.2, 0) is 0 Å². The third kappa shape index (κ3) is 3.71. The molecule has 1 saturated carbocycles. The first-order valence-corrected chi connectivity index (χ1v) is 7.12. The molecule has 1 aromatic rings. The summed E-state index contributed by atoms with van der Waals surface area (Å²) in [5, 5.41) is 0. The van der Waals surface area contributed by atoms with Gasteiger partial charge in [0.25, 0.3) is 0 Å². The molecule has 0 spiro atoms. The van der Waals surface area contributed by atoms with Crippen LogP contribution in [0.2, 0.25) is 0 Å². The molecule has 0 heterocycles. The zero-order chi connectivity index (χ0) is 12.3. The van der Waals surface area contributed by atoms with Crippen molar-refractivity contribution < 1.29 is 4.74 Å². The molecule has 1 aliphatic rings. The Morgan fingerprint density at radius 2 is 2.24 bits per heavy atom. The Kier molecular flexibility index (Phi) is 4.46. The number of halogens is 1. The Bertz CT molecular complexity index is 376. The van der Waals surface area contributed by atoms with E-state index in [9.17, 15) is 0 Å². The first kappa shape index (κ1) is 12.9. The Morgan fingerprint density at radius 1 is 1.47 bits per heavy atom. The zero-order valence-electron chi connectivity index (χ0n) is 10.3. The molecule has 17 heavy (non-hydrogen) atoms. The van der Waals surface area contributed by atoms with Crippen LogP contribution >= 0.6 is 15.9 Å². The van der Waals surface area contributed by atoms with E-state index >= 15 is 0 Å². The van der Waals surface area contributed by atoms with Gasteiger partial charge in [-0.2, -0.15) is 0 Å². The van der Waals surface area contributed by atoms with Crippen molar-refractivity contribution in [3.05, 3.63) is 28.2 Å². The minimum Gasteiger partial charge on any atom is -0.492 e. The molecule has 2 nitrogen and oxygen atoms in total. The molecule has 0 bridgehead atoms. The highest BCUT2D eigenvalue weighted by atomic mass is 79.9. The van der Waals surface area contributed by atoms with E-state index in [-0.39, 0.29) is 0 Å². The van der Waals surface area contributed by atoms with Crippen LogP contribution in [0.25, 0.3) is 0 Å². The number of ether oxygens (including phenoxy) is 1. The van der Waals surface area contributed by atoms with Gasteiger partial charge in [0.2, 0.25) is 0 Å². The van der Waals surface area contributed by atoms with Crippen molar-refractivity contribution in [3.8, 4) is 5.75 Å². The molecule has 1 atom stereocenters. The molecule has 1 aliphatic carbocycles. The summed E-state index contributed by atoms with van der Waals surface area (Å²) in [6.45, 7) is 3.80. The lowest BCUT2D eigenvalue weighted by Crippen LogP contribution is -2.05. The van der Waals surface area contributed by atoms with Gasteiger partial charge < -0.3 is 10.5 Å². The molecule has 1 unspecified atom stereocenters. The van der Waals surface area contributed by atoms with Crippen LogP contribution in [0.1, 0.15) is 37.7 Å². The minimum absolute atomic E-state index is 0.497. The van der Waals surface area contributed by atoms with Crippen LogP contribution in [0.15, 0.2) is 22.7 Å². The van der Waals surface area contributed by atoms with Gasteiger partial charge in [-0.15, -0.1) is 0 Å². The zero-order valence-corrected chi connectivity index (χ0v) is 11.9. The summed E-state index contributed by atoms with van der Waals surface area (Å²) in [6.07, 6.45) is 3.66. The van der Waals surface area contributed by atoms with Crippen molar-refractivity contribution in [2.75, 3.05) is 13.2 Å². The number of rotatable bonds is 6. The molecule has 94 valence electrons. The Hall–Kier alpha value is -0.540. The van der Waals surface area contributed by atoms with Gasteiger partial charge in [-0.05, 0) is 71.3 Å². The van der Waals surface area contributed by atoms with Crippen molar-refractivity contribution in [2.24, 2.45) is 11.7 Å². The van der Waals surface area contributed by atoms with E-state index in [0.29, 0.717) is 5.92 Å². The summed E-state index contributed by atoms with van der Waals surface area (Å²) in [6, 6.07) is 6.37. The second-order valence-electron chi connectivity index (χ2n) is 4.92. The normalized spacial score (nSPS) is 16.9. The second-order valence-corrected chi connectivity index (χ2v) is 5.78. The maximum Gasteiger partial charge on any atom is 0.133 e. The van der Waals surface area contributed by atoms with E-state index in [1.807, 2.05) is 0 Å². The Morgan fingerprint density at radius 3 is 2.88 bits per heavy atom. The van der Waals surface area contributed by atoms with Crippen molar-refractivity contribution in [3.63, 3.8) is 0 Å². The lowest BCUT2D eigenvalue weighted by atomic mass is 9.98. The van der Waals surface area contributed by atoms with E-state index < -0.39 is 0 Å². The van der Waals surface area contributed by atoms with Gasteiger partial charge in [-0.1, -0.05) is 13.0 Å². The average Bonchev–Trinajstić information content (AvgIpc) is 3.12. The van der Waals surface area contributed by atoms with Gasteiger partial charge in [0.15, 0.2) is 0 Å². The molecule has 1 fully saturated rings. The first-order chi connectivity index (χ1) is 8.20. The molecule has 2 rings (SSSR count). The van der Waals surface area contributed by atoms with E-state index in [0.717, 1.165) is 35.7 Å². The Labute approximate surface area is 112 Å². The molecular formula is C14H20BrNO. The molecule has 2 N–H and O–H groups in total. The highest BCUT2D eigenvalue weighted by Crippen LogP contribution is 2.33. The number of nitrogens with two attached hydrogens (primary N) is 1. The summed E-state index contributed by atoms with van der Waals surface area (Å²) in [5.41, 5.74) is 6.91. The lowest BCUT2D eigenvalue weighted by molar-refractivity contribution is 0.297. The second kappa shape index (κ2) is 5.87. The standard InChI is InChI=1S/C14H20BrNO/c1-10(6-7-16)12-4-5-13(15)14(8-12)17-9-11-2-3-11/h4-5,8,10-11H,2-3,6-7,9,16H2,1H3. The van der Waals surface area contributed by atoms with Crippen LogP contribution in [0.3, 0.4) is 0 Å². The van der Waals surface area contributed by atoms with Gasteiger partial charge in [-0.3, -0.25) is 0 Å². The fraction of sp³-hybridized carbons (Fsp3) is 0.571. The minimum atomic E-state index is 0.497. The molecular weight excluding hydrogens is 278 g/mol. The largest absolute Gasteiger partial charge is 0.492 e. The third-order valence-corrected chi connectivity index (χ3v) is 3.95. The number of hydrogen-bond donors (Lipinski definition) is 1. The van der Waals surface area contributed by atoms with E-state index in [4.69, 9.17) is 10.5 Å². The maximum atomic E-state index is 5.85.